The van der Waals surface area contributed by atoms with Crippen molar-refractivity contribution in [1.82, 2.24) is 0 Å². The van der Waals surface area contributed by atoms with Crippen molar-refractivity contribution in [3.8, 4) is 0 Å². The van der Waals surface area contributed by atoms with Crippen LogP contribution in [-0.2, 0) is 14.3 Å². The molecule has 0 aliphatic heterocycles. The van der Waals surface area contributed by atoms with Gasteiger partial charge in [-0.25, -0.2) is 0 Å². The molecule has 1 unspecified atom stereocenters. The minimum absolute atomic E-state index is 0.0102. The Bertz CT molecular complexity index is 328. The van der Waals surface area contributed by atoms with E-state index in [1.165, 1.54) is 13.4 Å². The average Bonchev–Trinajstić information content (AvgIpc) is 2.68. The van der Waals surface area contributed by atoms with Crippen LogP contribution in [0.2, 0.25) is 0 Å². The maximum Gasteiger partial charge on any atom is 0.306 e. The van der Waals surface area contributed by atoms with Crippen LogP contribution >= 0.6 is 0 Å². The summed E-state index contributed by atoms with van der Waals surface area (Å²) in [4.78, 5) is 21.6. The van der Waals surface area contributed by atoms with E-state index >= 15 is 0 Å². The molecule has 0 aromatic carbocycles. The van der Waals surface area contributed by atoms with Gasteiger partial charge in [0.25, 0.3) is 0 Å². The molecular weight excluding hydrogens is 200 g/mol. The van der Waals surface area contributed by atoms with Crippen LogP contribution in [0.4, 0.5) is 0 Å². The van der Waals surface area contributed by atoms with Crippen LogP contribution in [-0.4, -0.2) is 24.2 Å². The number of hydrogen-bond acceptors (Lipinski definition) is 4. The lowest BCUT2D eigenvalue weighted by Crippen LogP contribution is -2.12. The minimum Gasteiger partial charge on any atom is -0.481 e. The normalized spacial score (nSPS) is 12.1. The van der Waals surface area contributed by atoms with Crippen molar-refractivity contribution < 1.29 is 23.8 Å². The SMILES string of the molecule is COC(=O)CC(CC(=O)O)c1ccco1. The van der Waals surface area contributed by atoms with Crippen LogP contribution in [0.5, 0.6) is 0 Å². The van der Waals surface area contributed by atoms with Crippen LogP contribution < -0.4 is 0 Å². The van der Waals surface area contributed by atoms with Crippen molar-refractivity contribution in [2.24, 2.45) is 0 Å². The molecule has 5 heteroatoms. The molecule has 0 fully saturated rings. The van der Waals surface area contributed by atoms with Gasteiger partial charge in [-0.05, 0) is 12.1 Å². The summed E-state index contributed by atoms with van der Waals surface area (Å²) in [7, 11) is 1.27. The Morgan fingerprint density at radius 3 is 2.73 bits per heavy atom. The largest absolute Gasteiger partial charge is 0.481 e. The molecule has 1 aromatic heterocycles. The third-order valence-electron chi connectivity index (χ3n) is 2.01. The number of ether oxygens (including phenoxy) is 1. The molecule has 0 saturated heterocycles. The lowest BCUT2D eigenvalue weighted by atomic mass is 9.99. The summed E-state index contributed by atoms with van der Waals surface area (Å²) in [5.74, 6) is -1.40. The second kappa shape index (κ2) is 5.19. The van der Waals surface area contributed by atoms with Crippen molar-refractivity contribution in [2.75, 3.05) is 7.11 Å². The Balaban J connectivity index is 2.70. The van der Waals surface area contributed by atoms with Gasteiger partial charge in [0.2, 0.25) is 0 Å². The zero-order valence-electron chi connectivity index (χ0n) is 8.30. The van der Waals surface area contributed by atoms with Crippen LogP contribution in [0, 0.1) is 0 Å². The first kappa shape index (κ1) is 11.3. The van der Waals surface area contributed by atoms with Crippen molar-refractivity contribution in [1.29, 1.82) is 0 Å². The second-order valence-electron chi connectivity index (χ2n) is 3.09. The fraction of sp³-hybridized carbons (Fsp3) is 0.400. The van der Waals surface area contributed by atoms with E-state index in [0.717, 1.165) is 0 Å². The van der Waals surface area contributed by atoms with Gasteiger partial charge in [-0.3, -0.25) is 9.59 Å². The Morgan fingerprint density at radius 1 is 1.53 bits per heavy atom. The first-order chi connectivity index (χ1) is 7.13. The molecule has 1 aromatic rings. The number of carbonyl (C=O) groups excluding carboxylic acids is 1. The fourth-order valence-corrected chi connectivity index (χ4v) is 1.29. The van der Waals surface area contributed by atoms with Crippen molar-refractivity contribution in [3.63, 3.8) is 0 Å². The van der Waals surface area contributed by atoms with Gasteiger partial charge in [0.05, 0.1) is 26.2 Å². The summed E-state index contributed by atoms with van der Waals surface area (Å²) < 4.78 is 9.56. The quantitative estimate of drug-likeness (QED) is 0.746. The zero-order chi connectivity index (χ0) is 11.3. The smallest absolute Gasteiger partial charge is 0.306 e. The van der Waals surface area contributed by atoms with Crippen LogP contribution in [0.25, 0.3) is 0 Å². The van der Waals surface area contributed by atoms with E-state index in [9.17, 15) is 9.59 Å². The van der Waals surface area contributed by atoms with E-state index in [2.05, 4.69) is 4.74 Å². The molecule has 0 aliphatic carbocycles. The molecule has 1 N–H and O–H groups in total. The summed E-state index contributed by atoms with van der Waals surface area (Å²) >= 11 is 0. The maximum absolute atomic E-state index is 11.0. The standard InChI is InChI=1S/C10H12O5/c1-14-10(13)6-7(5-9(11)12)8-3-2-4-15-8/h2-4,7H,5-6H2,1H3,(H,11,12). The van der Waals surface area contributed by atoms with Crippen LogP contribution in [0.3, 0.4) is 0 Å². The Hall–Kier alpha value is -1.78. The number of carbonyl (C=O) groups is 2. The molecule has 1 atom stereocenters. The lowest BCUT2D eigenvalue weighted by Gasteiger charge is -2.10. The number of methoxy groups -OCH3 is 1. The number of carboxylic acids is 1. The van der Waals surface area contributed by atoms with Gasteiger partial charge in [0.15, 0.2) is 0 Å². The number of carboxylic acid groups (broad SMARTS) is 1. The predicted octanol–water partition coefficient (Wildman–Crippen LogP) is 1.40. The van der Waals surface area contributed by atoms with E-state index < -0.39 is 17.9 Å². The Kier molecular flexibility index (Phi) is 3.91. The maximum atomic E-state index is 11.0. The highest BCUT2D eigenvalue weighted by atomic mass is 16.5. The van der Waals surface area contributed by atoms with Gasteiger partial charge in [0, 0.05) is 5.92 Å². The van der Waals surface area contributed by atoms with Gasteiger partial charge < -0.3 is 14.3 Å². The van der Waals surface area contributed by atoms with Crippen LogP contribution in [0.15, 0.2) is 22.8 Å². The number of esters is 1. The number of aliphatic carboxylic acids is 1. The fourth-order valence-electron chi connectivity index (χ4n) is 1.29. The summed E-state index contributed by atoms with van der Waals surface area (Å²) in [6.07, 6.45) is 1.31. The van der Waals surface area contributed by atoms with Crippen molar-refractivity contribution in [3.05, 3.63) is 24.2 Å². The third-order valence-corrected chi connectivity index (χ3v) is 2.01. The topological polar surface area (TPSA) is 76.7 Å². The Morgan fingerprint density at radius 2 is 2.27 bits per heavy atom. The van der Waals surface area contributed by atoms with Gasteiger partial charge in [-0.1, -0.05) is 0 Å². The van der Waals surface area contributed by atoms with Gasteiger partial charge >= 0.3 is 11.9 Å². The predicted molar refractivity (Wildman–Crippen MR) is 50.3 cm³/mol. The molecule has 0 saturated carbocycles. The molecule has 1 rings (SSSR count). The van der Waals surface area contributed by atoms with E-state index in [1.54, 1.807) is 12.1 Å². The highest BCUT2D eigenvalue weighted by molar-refractivity contribution is 5.73. The molecule has 0 radical (unpaired) electrons. The third kappa shape index (κ3) is 3.46. The average molecular weight is 212 g/mol. The summed E-state index contributed by atoms with van der Waals surface area (Å²) in [6.45, 7) is 0. The lowest BCUT2D eigenvalue weighted by molar-refractivity contribution is -0.142. The first-order valence-corrected chi connectivity index (χ1v) is 4.45. The first-order valence-electron chi connectivity index (χ1n) is 4.45. The van der Waals surface area contributed by atoms with E-state index in [1.807, 2.05) is 0 Å². The molecule has 0 aliphatic rings. The molecule has 0 bridgehead atoms. The van der Waals surface area contributed by atoms with Gasteiger partial charge in [-0.2, -0.15) is 0 Å². The molecular formula is C10H12O5. The zero-order valence-corrected chi connectivity index (χ0v) is 8.30. The highest BCUT2D eigenvalue weighted by Crippen LogP contribution is 2.24. The molecule has 1 heterocycles. The summed E-state index contributed by atoms with van der Waals surface area (Å²) in [6, 6.07) is 3.30. The molecule has 0 amide bonds. The minimum atomic E-state index is -0.972. The Labute approximate surface area is 86.6 Å². The van der Waals surface area contributed by atoms with Crippen molar-refractivity contribution in [2.45, 2.75) is 18.8 Å². The van der Waals surface area contributed by atoms with Crippen LogP contribution in [0.1, 0.15) is 24.5 Å². The van der Waals surface area contributed by atoms with E-state index in [-0.39, 0.29) is 12.8 Å². The summed E-state index contributed by atoms with van der Waals surface area (Å²) in [5, 5.41) is 8.67. The van der Waals surface area contributed by atoms with E-state index in [0.29, 0.717) is 5.76 Å². The molecule has 0 spiro atoms. The molecule has 15 heavy (non-hydrogen) atoms. The summed E-state index contributed by atoms with van der Waals surface area (Å²) in [5.41, 5.74) is 0. The number of rotatable bonds is 5. The monoisotopic (exact) mass is 212 g/mol. The van der Waals surface area contributed by atoms with Gasteiger partial charge in [0.1, 0.15) is 5.76 Å². The number of hydrogen-bond donors (Lipinski definition) is 1. The van der Waals surface area contributed by atoms with E-state index in [4.69, 9.17) is 9.52 Å². The van der Waals surface area contributed by atoms with Crippen molar-refractivity contribution >= 4 is 11.9 Å². The molecule has 5 nitrogen and oxygen atoms in total. The number of furan rings is 1. The molecule has 82 valence electrons. The highest BCUT2D eigenvalue weighted by Gasteiger charge is 2.21. The second-order valence-corrected chi connectivity index (χ2v) is 3.09. The van der Waals surface area contributed by atoms with Gasteiger partial charge in [-0.15, -0.1) is 0 Å².